The molecule has 0 aliphatic carbocycles. The number of hydrogen-bond donors (Lipinski definition) is 0. The topological polar surface area (TPSA) is 52.1 Å². The predicted molar refractivity (Wildman–Crippen MR) is 137 cm³/mol. The third kappa shape index (κ3) is 3.69. The molecule has 4 aromatic carbocycles. The van der Waals surface area contributed by atoms with Crippen LogP contribution in [0.2, 0.25) is 0 Å². The molecule has 0 saturated carbocycles. The zero-order valence-electron chi connectivity index (χ0n) is 18.9. The van der Waals surface area contributed by atoms with Crippen LogP contribution in [0.15, 0.2) is 93.8 Å². The Balaban J connectivity index is 1.19. The van der Waals surface area contributed by atoms with Gasteiger partial charge in [0.2, 0.25) is 11.8 Å². The van der Waals surface area contributed by atoms with E-state index in [0.29, 0.717) is 11.8 Å². The molecule has 0 fully saturated rings. The summed E-state index contributed by atoms with van der Waals surface area (Å²) in [6.07, 6.45) is 4.19. The summed E-state index contributed by atoms with van der Waals surface area (Å²) >= 11 is 0. The Morgan fingerprint density at radius 3 is 1.82 bits per heavy atom. The Morgan fingerprint density at radius 1 is 0.588 bits per heavy atom. The number of nitrogens with zero attached hydrogens (tertiary/aromatic N) is 2. The van der Waals surface area contributed by atoms with Crippen molar-refractivity contribution in [3.63, 3.8) is 0 Å². The summed E-state index contributed by atoms with van der Waals surface area (Å²) < 4.78 is 11.8. The molecule has 164 valence electrons. The molecule has 0 radical (unpaired) electrons. The molecule has 0 unspecified atom stereocenters. The zero-order chi connectivity index (χ0) is 23.1. The predicted octanol–water partition coefficient (Wildman–Crippen LogP) is 8.09. The van der Waals surface area contributed by atoms with Crippen LogP contribution < -0.4 is 0 Å². The third-order valence-electron chi connectivity index (χ3n) is 6.16. The molecule has 2 heterocycles. The number of aryl methyl sites for hydroxylation is 2. The smallest absolute Gasteiger partial charge is 0.227 e. The summed E-state index contributed by atoms with van der Waals surface area (Å²) in [7, 11) is 0. The van der Waals surface area contributed by atoms with Gasteiger partial charge in [-0.2, -0.15) is 0 Å². The lowest BCUT2D eigenvalue weighted by Gasteiger charge is -1.99. The van der Waals surface area contributed by atoms with E-state index in [-0.39, 0.29) is 0 Å². The molecule has 34 heavy (non-hydrogen) atoms. The first-order valence-electron chi connectivity index (χ1n) is 11.3. The van der Waals surface area contributed by atoms with Crippen LogP contribution in [0.4, 0.5) is 0 Å². The van der Waals surface area contributed by atoms with Crippen molar-refractivity contribution in [1.82, 2.24) is 9.97 Å². The Labute approximate surface area is 197 Å². The Kier molecular flexibility index (Phi) is 4.84. The fourth-order valence-corrected chi connectivity index (χ4v) is 4.01. The van der Waals surface area contributed by atoms with E-state index >= 15 is 0 Å². The highest BCUT2D eigenvalue weighted by molar-refractivity contribution is 5.81. The quantitative estimate of drug-likeness (QED) is 0.259. The molecule has 6 aromatic rings. The van der Waals surface area contributed by atoms with Crippen LogP contribution in [0, 0.1) is 13.8 Å². The van der Waals surface area contributed by atoms with Crippen molar-refractivity contribution in [1.29, 1.82) is 0 Å². The monoisotopic (exact) mass is 442 g/mol. The van der Waals surface area contributed by atoms with Gasteiger partial charge in [0, 0.05) is 11.1 Å². The number of benzene rings is 4. The number of fused-ring (bicyclic) bond motifs is 2. The highest BCUT2D eigenvalue weighted by Crippen LogP contribution is 2.28. The number of aromatic nitrogens is 2. The Hall–Kier alpha value is -4.44. The summed E-state index contributed by atoms with van der Waals surface area (Å²) in [5.41, 5.74) is 9.94. The summed E-state index contributed by atoms with van der Waals surface area (Å²) in [6, 6.07) is 28.3. The van der Waals surface area contributed by atoms with E-state index in [1.807, 2.05) is 54.6 Å². The van der Waals surface area contributed by atoms with Crippen LogP contribution in [-0.2, 0) is 0 Å². The molecule has 4 nitrogen and oxygen atoms in total. The molecule has 0 N–H and O–H groups in total. The van der Waals surface area contributed by atoms with Crippen LogP contribution in [0.25, 0.3) is 57.3 Å². The average Bonchev–Trinajstić information content (AvgIpc) is 3.51. The zero-order valence-corrected chi connectivity index (χ0v) is 18.9. The molecule has 0 aliphatic rings. The van der Waals surface area contributed by atoms with Gasteiger partial charge in [0.25, 0.3) is 0 Å². The van der Waals surface area contributed by atoms with Gasteiger partial charge in [0.15, 0.2) is 11.2 Å². The number of oxazole rings is 2. The van der Waals surface area contributed by atoms with Crippen molar-refractivity contribution in [3.05, 3.63) is 107 Å². The molecule has 0 atom stereocenters. The van der Waals surface area contributed by atoms with Crippen LogP contribution in [0.5, 0.6) is 0 Å². The van der Waals surface area contributed by atoms with E-state index in [0.717, 1.165) is 50.0 Å². The van der Waals surface area contributed by atoms with E-state index in [1.54, 1.807) is 0 Å². The third-order valence-corrected chi connectivity index (χ3v) is 6.16. The number of rotatable bonds is 4. The van der Waals surface area contributed by atoms with Gasteiger partial charge in [-0.3, -0.25) is 0 Å². The second kappa shape index (κ2) is 8.16. The van der Waals surface area contributed by atoms with Crippen molar-refractivity contribution in [2.24, 2.45) is 0 Å². The number of hydrogen-bond acceptors (Lipinski definition) is 4. The van der Waals surface area contributed by atoms with Gasteiger partial charge in [0.05, 0.1) is 0 Å². The molecular weight excluding hydrogens is 420 g/mol. The van der Waals surface area contributed by atoms with Gasteiger partial charge in [-0.15, -0.1) is 0 Å². The van der Waals surface area contributed by atoms with E-state index in [1.165, 1.54) is 5.56 Å². The van der Waals surface area contributed by atoms with E-state index in [2.05, 4.69) is 61.3 Å². The van der Waals surface area contributed by atoms with Crippen molar-refractivity contribution < 1.29 is 8.83 Å². The molecule has 0 bridgehead atoms. The van der Waals surface area contributed by atoms with E-state index < -0.39 is 0 Å². The SMILES string of the molecule is Cc1ccc2oc(-c3ccc(C=Cc4ccc(-c5nc6ccccc6o5)cc4)cc3)nc2c1C. The van der Waals surface area contributed by atoms with E-state index in [9.17, 15) is 0 Å². The van der Waals surface area contributed by atoms with Crippen molar-refractivity contribution in [2.45, 2.75) is 13.8 Å². The van der Waals surface area contributed by atoms with Gasteiger partial charge in [-0.05, 0) is 78.6 Å². The average molecular weight is 443 g/mol. The maximum Gasteiger partial charge on any atom is 0.227 e. The molecule has 0 aliphatic heterocycles. The molecule has 2 aromatic heterocycles. The van der Waals surface area contributed by atoms with Crippen LogP contribution in [0.1, 0.15) is 22.3 Å². The fraction of sp³-hybridized carbons (Fsp3) is 0.0667. The second-order valence-electron chi connectivity index (χ2n) is 8.44. The van der Waals surface area contributed by atoms with Crippen LogP contribution in [-0.4, -0.2) is 9.97 Å². The van der Waals surface area contributed by atoms with Crippen molar-refractivity contribution in [2.75, 3.05) is 0 Å². The van der Waals surface area contributed by atoms with Gasteiger partial charge < -0.3 is 8.83 Å². The molecular formula is C30H22N2O2. The minimum atomic E-state index is 0.636. The first-order chi connectivity index (χ1) is 16.6. The minimum Gasteiger partial charge on any atom is -0.436 e. The maximum atomic E-state index is 5.98. The summed E-state index contributed by atoms with van der Waals surface area (Å²) in [5.74, 6) is 1.28. The lowest BCUT2D eigenvalue weighted by molar-refractivity contribution is 0.619. The van der Waals surface area contributed by atoms with Crippen molar-refractivity contribution >= 4 is 34.4 Å². The first kappa shape index (κ1) is 20.2. The van der Waals surface area contributed by atoms with Gasteiger partial charge in [0.1, 0.15) is 11.0 Å². The largest absolute Gasteiger partial charge is 0.436 e. The minimum absolute atomic E-state index is 0.636. The second-order valence-corrected chi connectivity index (χ2v) is 8.44. The van der Waals surface area contributed by atoms with Crippen LogP contribution in [0.3, 0.4) is 0 Å². The normalized spacial score (nSPS) is 11.7. The molecule has 0 amide bonds. The summed E-state index contributed by atoms with van der Waals surface area (Å²) in [4.78, 5) is 9.28. The highest BCUT2D eigenvalue weighted by atomic mass is 16.4. The van der Waals surface area contributed by atoms with Gasteiger partial charge >= 0.3 is 0 Å². The summed E-state index contributed by atoms with van der Waals surface area (Å²) in [5, 5.41) is 0. The fourth-order valence-electron chi connectivity index (χ4n) is 4.01. The molecule has 6 rings (SSSR count). The maximum absolute atomic E-state index is 5.98. The van der Waals surface area contributed by atoms with Crippen LogP contribution >= 0.6 is 0 Å². The summed E-state index contributed by atoms with van der Waals surface area (Å²) in [6.45, 7) is 4.17. The lowest BCUT2D eigenvalue weighted by atomic mass is 10.1. The molecule has 0 saturated heterocycles. The van der Waals surface area contributed by atoms with Crippen molar-refractivity contribution in [3.8, 4) is 22.9 Å². The number of para-hydroxylation sites is 2. The highest BCUT2D eigenvalue weighted by Gasteiger charge is 2.11. The Bertz CT molecular complexity index is 1620. The molecule has 0 spiro atoms. The first-order valence-corrected chi connectivity index (χ1v) is 11.3. The van der Waals surface area contributed by atoms with E-state index in [4.69, 9.17) is 13.8 Å². The molecule has 4 heteroatoms. The van der Waals surface area contributed by atoms with Gasteiger partial charge in [-0.1, -0.05) is 54.6 Å². The Morgan fingerprint density at radius 2 is 1.18 bits per heavy atom. The van der Waals surface area contributed by atoms with Gasteiger partial charge in [-0.25, -0.2) is 9.97 Å². The lowest BCUT2D eigenvalue weighted by Crippen LogP contribution is -1.82. The standard InChI is InChI=1S/C30H22N2O2/c1-19-7-18-27-28(20(19)2)32-30(34-27)24-16-12-22(13-17-24)9-8-21-10-14-23(15-11-21)29-31-25-5-3-4-6-26(25)33-29/h3-18H,1-2H3.